The second-order valence-electron chi connectivity index (χ2n) is 7.83. The Morgan fingerprint density at radius 1 is 1.23 bits per heavy atom. The lowest BCUT2D eigenvalue weighted by Gasteiger charge is -2.24. The maximum absolute atomic E-state index is 5.72. The molecule has 4 heterocycles. The summed E-state index contributed by atoms with van der Waals surface area (Å²) in [5.74, 6) is 1.84. The summed E-state index contributed by atoms with van der Waals surface area (Å²) in [6, 6.07) is 8.36. The van der Waals surface area contributed by atoms with Gasteiger partial charge in [-0.2, -0.15) is 0 Å². The Morgan fingerprint density at radius 2 is 2.10 bits per heavy atom. The first kappa shape index (κ1) is 20.5. The molecule has 0 bridgehead atoms. The number of aliphatic imine (C=N–C) groups is 1. The Kier molecular flexibility index (Phi) is 6.69. The van der Waals surface area contributed by atoms with Crippen LogP contribution in [0.25, 0.3) is 5.65 Å². The van der Waals surface area contributed by atoms with Crippen molar-refractivity contribution in [2.45, 2.75) is 39.2 Å². The molecule has 1 aliphatic rings. The quantitative estimate of drug-likeness (QED) is 0.443. The van der Waals surface area contributed by atoms with Crippen LogP contribution in [0.1, 0.15) is 42.8 Å². The molecule has 1 saturated heterocycles. The van der Waals surface area contributed by atoms with Crippen molar-refractivity contribution in [1.82, 2.24) is 24.9 Å². The van der Waals surface area contributed by atoms with Crippen molar-refractivity contribution in [2.75, 3.05) is 32.7 Å². The van der Waals surface area contributed by atoms with Crippen LogP contribution in [0.5, 0.6) is 0 Å². The van der Waals surface area contributed by atoms with Crippen molar-refractivity contribution in [3.05, 3.63) is 59.9 Å². The van der Waals surface area contributed by atoms with Gasteiger partial charge in [-0.25, -0.2) is 4.98 Å². The third kappa shape index (κ3) is 4.84. The number of aromatic nitrogens is 2. The van der Waals surface area contributed by atoms with Gasteiger partial charge in [-0.15, -0.1) is 0 Å². The topological polar surface area (TPSA) is 70.1 Å². The molecule has 1 unspecified atom stereocenters. The van der Waals surface area contributed by atoms with Crippen molar-refractivity contribution in [2.24, 2.45) is 4.99 Å². The van der Waals surface area contributed by atoms with Crippen LogP contribution in [0.3, 0.4) is 0 Å². The van der Waals surface area contributed by atoms with E-state index in [-0.39, 0.29) is 6.04 Å². The molecule has 3 aromatic rings. The standard InChI is InChI=1S/C23H32N6O/c1-3-24-23(25-11-10-19-17-29-14-6-8-18(2)22(29)27-19)26-16-20(21-9-7-15-30-21)28-12-4-5-13-28/h6-9,14-15,17,20H,3-5,10-13,16H2,1-2H3,(H2,24,25,26). The fourth-order valence-electron chi connectivity index (χ4n) is 4.07. The Balaban J connectivity index is 1.38. The van der Waals surface area contributed by atoms with Gasteiger partial charge in [-0.3, -0.25) is 9.89 Å². The maximum Gasteiger partial charge on any atom is 0.191 e. The lowest BCUT2D eigenvalue weighted by atomic mass is 10.2. The van der Waals surface area contributed by atoms with Crippen molar-refractivity contribution in [3.63, 3.8) is 0 Å². The van der Waals surface area contributed by atoms with Crippen molar-refractivity contribution in [3.8, 4) is 0 Å². The zero-order chi connectivity index (χ0) is 20.8. The van der Waals surface area contributed by atoms with Gasteiger partial charge in [0, 0.05) is 31.9 Å². The highest BCUT2D eigenvalue weighted by molar-refractivity contribution is 5.79. The zero-order valence-electron chi connectivity index (χ0n) is 18.0. The monoisotopic (exact) mass is 408 g/mol. The highest BCUT2D eigenvalue weighted by Crippen LogP contribution is 2.25. The fraction of sp³-hybridized carbons (Fsp3) is 0.478. The molecule has 0 radical (unpaired) electrons. The number of nitrogens with one attached hydrogen (secondary N) is 2. The molecule has 0 saturated carbocycles. The minimum atomic E-state index is 0.194. The van der Waals surface area contributed by atoms with Gasteiger partial charge < -0.3 is 19.5 Å². The number of aryl methyl sites for hydroxylation is 1. The van der Waals surface area contributed by atoms with Gasteiger partial charge >= 0.3 is 0 Å². The number of likely N-dealkylation sites (tertiary alicyclic amines) is 1. The van der Waals surface area contributed by atoms with Crippen molar-refractivity contribution < 1.29 is 4.42 Å². The summed E-state index contributed by atoms with van der Waals surface area (Å²) >= 11 is 0. The minimum absolute atomic E-state index is 0.194. The molecule has 30 heavy (non-hydrogen) atoms. The number of guanidine groups is 1. The van der Waals surface area contributed by atoms with Crippen LogP contribution in [-0.4, -0.2) is 53.0 Å². The average Bonchev–Trinajstić information content (AvgIpc) is 3.51. The van der Waals surface area contributed by atoms with Gasteiger partial charge in [-0.1, -0.05) is 6.07 Å². The molecule has 7 heteroatoms. The molecule has 1 aliphatic heterocycles. The van der Waals surface area contributed by atoms with E-state index in [1.54, 1.807) is 6.26 Å². The van der Waals surface area contributed by atoms with Gasteiger partial charge in [0.05, 0.1) is 24.5 Å². The van der Waals surface area contributed by atoms with Gasteiger partial charge in [0.25, 0.3) is 0 Å². The van der Waals surface area contributed by atoms with Gasteiger partial charge in [0.2, 0.25) is 0 Å². The van der Waals surface area contributed by atoms with E-state index in [1.807, 2.05) is 12.3 Å². The summed E-state index contributed by atoms with van der Waals surface area (Å²) < 4.78 is 7.81. The predicted octanol–water partition coefficient (Wildman–Crippen LogP) is 3.17. The summed E-state index contributed by atoms with van der Waals surface area (Å²) in [7, 11) is 0. The van der Waals surface area contributed by atoms with E-state index in [0.717, 1.165) is 55.7 Å². The Hall–Kier alpha value is -2.80. The average molecular weight is 409 g/mol. The number of hydrogen-bond acceptors (Lipinski definition) is 4. The third-order valence-corrected chi connectivity index (χ3v) is 5.62. The zero-order valence-corrected chi connectivity index (χ0v) is 18.0. The van der Waals surface area contributed by atoms with Crippen LogP contribution < -0.4 is 10.6 Å². The number of furan rings is 1. The highest BCUT2D eigenvalue weighted by Gasteiger charge is 2.25. The molecule has 3 aromatic heterocycles. The largest absolute Gasteiger partial charge is 0.468 e. The SMILES string of the molecule is CCNC(=NCC(c1ccco1)N1CCCC1)NCCc1cn2cccc(C)c2n1. The molecule has 0 amide bonds. The predicted molar refractivity (Wildman–Crippen MR) is 120 cm³/mol. The second-order valence-corrected chi connectivity index (χ2v) is 7.83. The third-order valence-electron chi connectivity index (χ3n) is 5.62. The van der Waals surface area contributed by atoms with Crippen LogP contribution in [0.2, 0.25) is 0 Å². The van der Waals surface area contributed by atoms with Gasteiger partial charge in [0.1, 0.15) is 11.4 Å². The Morgan fingerprint density at radius 3 is 2.83 bits per heavy atom. The van der Waals surface area contributed by atoms with E-state index in [4.69, 9.17) is 14.4 Å². The molecular formula is C23H32N6O. The molecule has 1 fully saturated rings. The van der Waals surface area contributed by atoms with Crippen LogP contribution in [0, 0.1) is 6.92 Å². The molecular weight excluding hydrogens is 376 g/mol. The maximum atomic E-state index is 5.72. The highest BCUT2D eigenvalue weighted by atomic mass is 16.3. The van der Waals surface area contributed by atoms with E-state index in [2.05, 4.69) is 58.2 Å². The molecule has 0 spiro atoms. The summed E-state index contributed by atoms with van der Waals surface area (Å²) in [6.45, 7) is 8.69. The number of imidazole rings is 1. The molecule has 2 N–H and O–H groups in total. The number of rotatable bonds is 8. The normalized spacial score (nSPS) is 16.3. The fourth-order valence-corrected chi connectivity index (χ4v) is 4.07. The molecule has 4 rings (SSSR count). The van der Waals surface area contributed by atoms with E-state index in [1.165, 1.54) is 18.4 Å². The first-order valence-electron chi connectivity index (χ1n) is 11.0. The summed E-state index contributed by atoms with van der Waals surface area (Å²) in [5, 5.41) is 6.82. The second kappa shape index (κ2) is 9.80. The molecule has 7 nitrogen and oxygen atoms in total. The summed E-state index contributed by atoms with van der Waals surface area (Å²) in [5.41, 5.74) is 3.30. The van der Waals surface area contributed by atoms with Crippen LogP contribution in [-0.2, 0) is 6.42 Å². The van der Waals surface area contributed by atoms with Gasteiger partial charge in [0.15, 0.2) is 5.96 Å². The van der Waals surface area contributed by atoms with Crippen molar-refractivity contribution >= 4 is 11.6 Å². The molecule has 160 valence electrons. The molecule has 0 aromatic carbocycles. The van der Waals surface area contributed by atoms with Gasteiger partial charge in [-0.05, 0) is 63.5 Å². The number of nitrogens with zero attached hydrogens (tertiary/aromatic N) is 4. The van der Waals surface area contributed by atoms with E-state index in [9.17, 15) is 0 Å². The number of pyridine rings is 1. The summed E-state index contributed by atoms with van der Waals surface area (Å²) in [4.78, 5) is 12.1. The lowest BCUT2D eigenvalue weighted by Crippen LogP contribution is -2.39. The Labute approximate surface area is 178 Å². The number of hydrogen-bond donors (Lipinski definition) is 2. The lowest BCUT2D eigenvalue weighted by molar-refractivity contribution is 0.221. The van der Waals surface area contributed by atoms with Crippen molar-refractivity contribution in [1.29, 1.82) is 0 Å². The molecule has 1 atom stereocenters. The first-order valence-corrected chi connectivity index (χ1v) is 11.0. The summed E-state index contributed by atoms with van der Waals surface area (Å²) in [6.07, 6.45) is 9.25. The molecule has 0 aliphatic carbocycles. The smallest absolute Gasteiger partial charge is 0.191 e. The van der Waals surface area contributed by atoms with Crippen LogP contribution in [0.4, 0.5) is 0 Å². The minimum Gasteiger partial charge on any atom is -0.468 e. The first-order chi connectivity index (χ1) is 14.7. The van der Waals surface area contributed by atoms with E-state index in [0.29, 0.717) is 6.54 Å². The van der Waals surface area contributed by atoms with E-state index >= 15 is 0 Å². The van der Waals surface area contributed by atoms with Crippen LogP contribution >= 0.6 is 0 Å². The van der Waals surface area contributed by atoms with E-state index < -0.39 is 0 Å². The number of fused-ring (bicyclic) bond motifs is 1. The van der Waals surface area contributed by atoms with Crippen LogP contribution in [0.15, 0.2) is 52.3 Å². The Bertz CT molecular complexity index is 955.